The minimum Gasteiger partial charge on any atom is -0.356 e. The molecule has 0 aliphatic heterocycles. The Hall–Kier alpha value is -4.51. The molecule has 0 aliphatic rings. The molecular formula is C27H24N6O2. The van der Waals surface area contributed by atoms with Gasteiger partial charge < -0.3 is 9.84 Å². The largest absolute Gasteiger partial charge is 0.356 e. The molecule has 3 aromatic heterocycles. The summed E-state index contributed by atoms with van der Waals surface area (Å²) in [6.07, 6.45) is 1.42. The number of aryl methyl sites for hydroxylation is 5. The van der Waals surface area contributed by atoms with E-state index < -0.39 is 0 Å². The summed E-state index contributed by atoms with van der Waals surface area (Å²) in [5, 5.41) is 22.8. The van der Waals surface area contributed by atoms with Crippen LogP contribution in [0.5, 0.6) is 0 Å². The van der Waals surface area contributed by atoms with Crippen molar-refractivity contribution in [2.24, 2.45) is 0 Å². The average molecular weight is 465 g/mol. The summed E-state index contributed by atoms with van der Waals surface area (Å²) in [7, 11) is 0. The molecule has 0 bridgehead atoms. The number of nitrogens with zero attached hydrogens (tertiary/aromatic N) is 5. The maximum absolute atomic E-state index is 13.0. The van der Waals surface area contributed by atoms with Gasteiger partial charge in [0.15, 0.2) is 17.2 Å². The second-order valence-electron chi connectivity index (χ2n) is 8.99. The van der Waals surface area contributed by atoms with Crippen LogP contribution in [0.25, 0.3) is 27.7 Å². The predicted molar refractivity (Wildman–Crippen MR) is 134 cm³/mol. The molecule has 3 heterocycles. The van der Waals surface area contributed by atoms with E-state index in [1.54, 1.807) is 0 Å². The van der Waals surface area contributed by atoms with Crippen LogP contribution in [-0.2, 0) is 11.2 Å². The maximum Gasteiger partial charge on any atom is 0.231 e. The van der Waals surface area contributed by atoms with Gasteiger partial charge in [-0.2, -0.15) is 15.0 Å². The highest BCUT2D eigenvalue weighted by atomic mass is 16.5. The summed E-state index contributed by atoms with van der Waals surface area (Å²) in [4.78, 5) is 17.8. The Morgan fingerprint density at radius 3 is 2.54 bits per heavy atom. The fraction of sp³-hybridized carbons (Fsp3) is 0.222. The third kappa shape index (κ3) is 3.91. The summed E-state index contributed by atoms with van der Waals surface area (Å²) in [6.45, 7) is 10.1. The zero-order chi connectivity index (χ0) is 24.9. The molecule has 174 valence electrons. The van der Waals surface area contributed by atoms with Gasteiger partial charge in [-0.15, -0.1) is 0 Å². The van der Waals surface area contributed by atoms with Crippen LogP contribution in [0.3, 0.4) is 0 Å². The third-order valence-corrected chi connectivity index (χ3v) is 6.30. The summed E-state index contributed by atoms with van der Waals surface area (Å²) >= 11 is 0. The number of pyridine rings is 1. The van der Waals surface area contributed by atoms with Crippen LogP contribution in [0, 0.1) is 45.9 Å². The molecule has 0 atom stereocenters. The van der Waals surface area contributed by atoms with E-state index in [-0.39, 0.29) is 23.7 Å². The van der Waals surface area contributed by atoms with Crippen LogP contribution in [0.15, 0.2) is 41.1 Å². The molecule has 0 spiro atoms. The van der Waals surface area contributed by atoms with E-state index in [2.05, 4.69) is 40.7 Å². The lowest BCUT2D eigenvalue weighted by Crippen LogP contribution is -2.18. The zero-order valence-corrected chi connectivity index (χ0v) is 20.2. The molecule has 8 nitrogen and oxygen atoms in total. The first-order valence-electron chi connectivity index (χ1n) is 11.3. The Morgan fingerprint density at radius 1 is 1.00 bits per heavy atom. The predicted octanol–water partition coefficient (Wildman–Crippen LogP) is 5.16. The van der Waals surface area contributed by atoms with Crippen LogP contribution in [0.2, 0.25) is 0 Å². The number of nitriles is 1. The smallest absolute Gasteiger partial charge is 0.231 e. The van der Waals surface area contributed by atoms with E-state index in [1.165, 1.54) is 10.9 Å². The molecule has 35 heavy (non-hydrogen) atoms. The van der Waals surface area contributed by atoms with Gasteiger partial charge in [-0.05, 0) is 81.1 Å². The maximum atomic E-state index is 13.0. The van der Waals surface area contributed by atoms with E-state index in [4.69, 9.17) is 9.51 Å². The highest BCUT2D eigenvalue weighted by Crippen LogP contribution is 2.27. The van der Waals surface area contributed by atoms with Gasteiger partial charge in [-0.1, -0.05) is 16.8 Å². The van der Waals surface area contributed by atoms with E-state index >= 15 is 0 Å². The van der Waals surface area contributed by atoms with Crippen molar-refractivity contribution in [1.29, 1.82) is 5.26 Å². The highest BCUT2D eigenvalue weighted by molar-refractivity contribution is 5.95. The van der Waals surface area contributed by atoms with Crippen LogP contribution < -0.4 is 5.32 Å². The number of hydrogen-bond acceptors (Lipinski definition) is 6. The Labute approximate surface area is 202 Å². The molecule has 0 fully saturated rings. The molecule has 0 unspecified atom stereocenters. The average Bonchev–Trinajstić information content (AvgIpc) is 3.38. The van der Waals surface area contributed by atoms with Gasteiger partial charge in [-0.3, -0.25) is 4.79 Å². The molecule has 0 aliphatic carbocycles. The fourth-order valence-electron chi connectivity index (χ4n) is 4.36. The molecule has 1 N–H and O–H groups in total. The zero-order valence-electron chi connectivity index (χ0n) is 20.2. The van der Waals surface area contributed by atoms with Crippen molar-refractivity contribution >= 4 is 33.6 Å². The number of anilines is 1. The minimum absolute atomic E-state index is 0.00584. The Balaban J connectivity index is 1.51. The van der Waals surface area contributed by atoms with Gasteiger partial charge >= 0.3 is 0 Å². The standard InChI is InChI=1S/C27H24N6O2/c1-14-6-18(5)26-20(7-14)17(4)10-24(30-26)33-27(19(12-28)13-29-33)31-25(34)11-22-21-8-15(2)16(3)9-23(21)35-32-22/h6-10,13H,11H2,1-5H3,(H,31,34). The van der Waals surface area contributed by atoms with Crippen LogP contribution in [-0.4, -0.2) is 25.8 Å². The number of carbonyl (C=O) groups is 1. The van der Waals surface area contributed by atoms with Gasteiger partial charge in [0, 0.05) is 10.8 Å². The van der Waals surface area contributed by atoms with Crippen LogP contribution in [0.4, 0.5) is 5.82 Å². The van der Waals surface area contributed by atoms with Crippen LogP contribution in [0.1, 0.15) is 39.1 Å². The summed E-state index contributed by atoms with van der Waals surface area (Å²) < 4.78 is 6.92. The molecule has 0 saturated carbocycles. The molecule has 5 rings (SSSR count). The fourth-order valence-corrected chi connectivity index (χ4v) is 4.36. The van der Waals surface area contributed by atoms with Gasteiger partial charge in [0.05, 0.1) is 18.1 Å². The van der Waals surface area contributed by atoms with Gasteiger partial charge in [0.25, 0.3) is 0 Å². The van der Waals surface area contributed by atoms with Crippen molar-refractivity contribution in [3.8, 4) is 11.9 Å². The second kappa shape index (κ2) is 8.37. The molecule has 5 aromatic rings. The number of amides is 1. The van der Waals surface area contributed by atoms with E-state index in [1.807, 2.05) is 45.9 Å². The molecule has 1 amide bonds. The Morgan fingerprint density at radius 2 is 1.77 bits per heavy atom. The molecule has 0 radical (unpaired) electrons. The minimum atomic E-state index is -0.332. The monoisotopic (exact) mass is 464 g/mol. The molecule has 2 aromatic carbocycles. The van der Waals surface area contributed by atoms with E-state index in [9.17, 15) is 10.1 Å². The van der Waals surface area contributed by atoms with Crippen molar-refractivity contribution in [2.75, 3.05) is 5.32 Å². The van der Waals surface area contributed by atoms with Crippen molar-refractivity contribution in [3.05, 3.63) is 75.6 Å². The van der Waals surface area contributed by atoms with Crippen LogP contribution >= 0.6 is 0 Å². The Kier molecular flexibility index (Phi) is 5.33. The number of benzene rings is 2. The quantitative estimate of drug-likeness (QED) is 0.394. The first-order valence-corrected chi connectivity index (χ1v) is 11.3. The lowest BCUT2D eigenvalue weighted by atomic mass is 10.0. The van der Waals surface area contributed by atoms with E-state index in [0.717, 1.165) is 44.1 Å². The normalized spacial score (nSPS) is 11.2. The third-order valence-electron chi connectivity index (χ3n) is 6.30. The summed E-state index contributed by atoms with van der Waals surface area (Å²) in [5.41, 5.74) is 7.71. The molecule has 0 saturated heterocycles. The van der Waals surface area contributed by atoms with Gasteiger partial charge in [-0.25, -0.2) is 4.98 Å². The van der Waals surface area contributed by atoms with E-state index in [0.29, 0.717) is 17.1 Å². The van der Waals surface area contributed by atoms with Gasteiger partial charge in [0.2, 0.25) is 5.91 Å². The van der Waals surface area contributed by atoms with Crippen molar-refractivity contribution in [2.45, 2.75) is 41.0 Å². The topological polar surface area (TPSA) is 110 Å². The number of rotatable bonds is 4. The lowest BCUT2D eigenvalue weighted by Gasteiger charge is -2.12. The first kappa shape index (κ1) is 22.3. The SMILES string of the molecule is Cc1cc(C)c2nc(-n3ncc(C#N)c3NC(=O)Cc3noc4cc(C)c(C)cc34)cc(C)c2c1. The molecular weight excluding hydrogens is 440 g/mol. The second-order valence-corrected chi connectivity index (χ2v) is 8.99. The lowest BCUT2D eigenvalue weighted by molar-refractivity contribution is -0.115. The number of fused-ring (bicyclic) bond motifs is 2. The molecule has 8 heteroatoms. The number of hydrogen-bond donors (Lipinski definition) is 1. The van der Waals surface area contributed by atoms with Gasteiger partial charge in [0.1, 0.15) is 17.3 Å². The number of nitrogens with one attached hydrogen (secondary N) is 1. The number of aromatic nitrogens is 4. The Bertz CT molecular complexity index is 1690. The first-order chi connectivity index (χ1) is 16.7. The van der Waals surface area contributed by atoms with Crippen molar-refractivity contribution < 1.29 is 9.32 Å². The highest BCUT2D eigenvalue weighted by Gasteiger charge is 2.20. The van der Waals surface area contributed by atoms with Crippen molar-refractivity contribution in [3.63, 3.8) is 0 Å². The summed E-state index contributed by atoms with van der Waals surface area (Å²) in [5.74, 6) is 0.464. The van der Waals surface area contributed by atoms with Crippen molar-refractivity contribution in [1.82, 2.24) is 19.9 Å². The number of carbonyl (C=O) groups excluding carboxylic acids is 1. The summed E-state index contributed by atoms with van der Waals surface area (Å²) in [6, 6.07) is 12.1.